The van der Waals surface area contributed by atoms with Gasteiger partial charge in [-0.2, -0.15) is 0 Å². The van der Waals surface area contributed by atoms with Gasteiger partial charge in [0, 0.05) is 6.04 Å². The molecule has 0 radical (unpaired) electrons. The fraction of sp³-hybridized carbons (Fsp3) is 0.857. The Kier molecular flexibility index (Phi) is 1.06. The van der Waals surface area contributed by atoms with Gasteiger partial charge in [0.25, 0.3) is 0 Å². The van der Waals surface area contributed by atoms with Gasteiger partial charge in [0.05, 0.1) is 12.5 Å². The lowest BCUT2D eigenvalue weighted by molar-refractivity contribution is -0.146. The molecule has 0 spiro atoms. The number of hydrogen-bond donors (Lipinski definition) is 1. The van der Waals surface area contributed by atoms with Crippen molar-refractivity contribution >= 4 is 5.97 Å². The van der Waals surface area contributed by atoms with Crippen LogP contribution >= 0.6 is 0 Å². The lowest BCUT2D eigenvalue weighted by atomic mass is 10.1. The van der Waals surface area contributed by atoms with Gasteiger partial charge in [-0.15, -0.1) is 0 Å². The largest absolute Gasteiger partial charge is 0.469 e. The fourth-order valence-corrected chi connectivity index (χ4v) is 1.85. The first-order chi connectivity index (χ1) is 4.79. The number of carbonyl (C=O) groups excluding carboxylic acids is 1. The zero-order chi connectivity index (χ0) is 7.19. The Morgan fingerprint density at radius 1 is 1.80 bits per heavy atom. The minimum atomic E-state index is -0.102. The molecule has 56 valence electrons. The summed E-state index contributed by atoms with van der Waals surface area (Å²) in [6.07, 6.45) is 1.95. The number of esters is 1. The molecule has 10 heavy (non-hydrogen) atoms. The molecule has 3 nitrogen and oxygen atoms in total. The summed E-state index contributed by atoms with van der Waals surface area (Å²) < 4.78 is 4.70. The molecule has 1 N–H and O–H groups in total. The summed E-state index contributed by atoms with van der Waals surface area (Å²) in [6.45, 7) is 0.972. The molecule has 2 fully saturated rings. The van der Waals surface area contributed by atoms with Crippen molar-refractivity contribution in [2.45, 2.75) is 18.9 Å². The molecule has 2 atom stereocenters. The van der Waals surface area contributed by atoms with Crippen LogP contribution in [0.15, 0.2) is 0 Å². The predicted octanol–water partition coefficient (Wildman–Crippen LogP) is -0.0886. The molecule has 2 rings (SSSR count). The number of ether oxygens (including phenoxy) is 1. The second kappa shape index (κ2) is 1.72. The molecule has 1 aliphatic carbocycles. The van der Waals surface area contributed by atoms with Crippen LogP contribution in [0.5, 0.6) is 0 Å². The second-order valence-electron chi connectivity index (χ2n) is 3.11. The van der Waals surface area contributed by atoms with Gasteiger partial charge in [-0.1, -0.05) is 0 Å². The maximum atomic E-state index is 11.1. The minimum absolute atomic E-state index is 0.0255. The Morgan fingerprint density at radius 3 is 3.00 bits per heavy atom. The highest BCUT2D eigenvalue weighted by Crippen LogP contribution is 2.53. The van der Waals surface area contributed by atoms with Gasteiger partial charge < -0.3 is 10.1 Å². The van der Waals surface area contributed by atoms with Gasteiger partial charge in [-0.3, -0.25) is 4.79 Å². The van der Waals surface area contributed by atoms with Crippen LogP contribution in [0.4, 0.5) is 0 Å². The van der Waals surface area contributed by atoms with Crippen molar-refractivity contribution in [2.24, 2.45) is 5.41 Å². The fourth-order valence-electron chi connectivity index (χ4n) is 1.85. The van der Waals surface area contributed by atoms with E-state index < -0.39 is 0 Å². The highest BCUT2D eigenvalue weighted by Gasteiger charge is 2.63. The maximum absolute atomic E-state index is 11.1. The first-order valence-electron chi connectivity index (χ1n) is 3.61. The van der Waals surface area contributed by atoms with Gasteiger partial charge in [0.2, 0.25) is 0 Å². The van der Waals surface area contributed by atoms with Crippen LogP contribution in [0, 0.1) is 5.41 Å². The number of fused-ring (bicyclic) bond motifs is 1. The van der Waals surface area contributed by atoms with Crippen LogP contribution in [-0.2, 0) is 9.53 Å². The van der Waals surface area contributed by atoms with Crippen LogP contribution in [0.3, 0.4) is 0 Å². The highest BCUT2D eigenvalue weighted by molar-refractivity contribution is 5.82. The van der Waals surface area contributed by atoms with E-state index in [1.165, 1.54) is 7.11 Å². The molecule has 3 heteroatoms. The number of piperidine rings is 1. The van der Waals surface area contributed by atoms with Crippen molar-refractivity contribution < 1.29 is 9.53 Å². The molecule has 0 amide bonds. The molecule has 1 saturated heterocycles. The van der Waals surface area contributed by atoms with E-state index in [1.54, 1.807) is 0 Å². The van der Waals surface area contributed by atoms with Crippen LogP contribution in [-0.4, -0.2) is 25.7 Å². The molecule has 0 aromatic rings. The van der Waals surface area contributed by atoms with Gasteiger partial charge >= 0.3 is 5.97 Å². The highest BCUT2D eigenvalue weighted by atomic mass is 16.5. The first kappa shape index (κ1) is 6.16. The van der Waals surface area contributed by atoms with Crippen molar-refractivity contribution in [3.05, 3.63) is 0 Å². The summed E-state index contributed by atoms with van der Waals surface area (Å²) in [4.78, 5) is 11.1. The zero-order valence-corrected chi connectivity index (χ0v) is 6.02. The van der Waals surface area contributed by atoms with Crippen molar-refractivity contribution in [3.8, 4) is 0 Å². The summed E-state index contributed by atoms with van der Waals surface area (Å²) in [5, 5.41) is 3.25. The van der Waals surface area contributed by atoms with E-state index >= 15 is 0 Å². The van der Waals surface area contributed by atoms with Gasteiger partial charge in [0.1, 0.15) is 0 Å². The number of rotatable bonds is 1. The first-order valence-corrected chi connectivity index (χ1v) is 3.61. The van der Waals surface area contributed by atoms with Crippen molar-refractivity contribution in [3.63, 3.8) is 0 Å². The predicted molar refractivity (Wildman–Crippen MR) is 35.5 cm³/mol. The number of carbonyl (C=O) groups is 1. The zero-order valence-electron chi connectivity index (χ0n) is 6.02. The summed E-state index contributed by atoms with van der Waals surface area (Å²) in [5.74, 6) is -0.0255. The third-order valence-electron chi connectivity index (χ3n) is 2.63. The van der Waals surface area contributed by atoms with Crippen LogP contribution in [0.1, 0.15) is 12.8 Å². The van der Waals surface area contributed by atoms with Gasteiger partial charge in [-0.25, -0.2) is 0 Å². The van der Waals surface area contributed by atoms with Crippen LogP contribution in [0.25, 0.3) is 0 Å². The van der Waals surface area contributed by atoms with Crippen LogP contribution < -0.4 is 5.32 Å². The van der Waals surface area contributed by atoms with Gasteiger partial charge in [-0.05, 0) is 19.4 Å². The van der Waals surface area contributed by atoms with Crippen molar-refractivity contribution in [2.75, 3.05) is 13.7 Å². The number of methoxy groups -OCH3 is 1. The van der Waals surface area contributed by atoms with Crippen molar-refractivity contribution in [1.82, 2.24) is 5.32 Å². The molecule has 1 heterocycles. The van der Waals surface area contributed by atoms with Gasteiger partial charge in [0.15, 0.2) is 0 Å². The van der Waals surface area contributed by atoms with E-state index in [2.05, 4.69) is 5.32 Å². The van der Waals surface area contributed by atoms with Crippen molar-refractivity contribution in [1.29, 1.82) is 0 Å². The van der Waals surface area contributed by atoms with E-state index in [9.17, 15) is 4.79 Å². The minimum Gasteiger partial charge on any atom is -0.469 e. The van der Waals surface area contributed by atoms with E-state index in [0.29, 0.717) is 6.04 Å². The Morgan fingerprint density at radius 2 is 2.60 bits per heavy atom. The third-order valence-corrected chi connectivity index (χ3v) is 2.63. The molecule has 2 unspecified atom stereocenters. The quantitative estimate of drug-likeness (QED) is 0.519. The monoisotopic (exact) mass is 141 g/mol. The molecule has 1 aliphatic heterocycles. The lowest BCUT2D eigenvalue weighted by Crippen LogP contribution is -2.19. The molecule has 2 aliphatic rings. The summed E-state index contributed by atoms with van der Waals surface area (Å²) in [6, 6.07) is 0.431. The third kappa shape index (κ3) is 0.560. The van der Waals surface area contributed by atoms with E-state index in [4.69, 9.17) is 4.74 Å². The Balaban J connectivity index is 2.11. The molecule has 0 bridgehead atoms. The molecule has 1 saturated carbocycles. The molecular formula is C7H11NO2. The average molecular weight is 141 g/mol. The lowest BCUT2D eigenvalue weighted by Gasteiger charge is -2.05. The maximum Gasteiger partial charge on any atom is 0.313 e. The second-order valence-corrected chi connectivity index (χ2v) is 3.11. The average Bonchev–Trinajstić information content (AvgIpc) is 2.54. The standard InChI is InChI=1S/C7H11NO2/c1-10-6(9)7-2-3-8-5(7)4-7/h5,8H,2-4H2,1H3. The normalized spacial score (nSPS) is 42.7. The van der Waals surface area contributed by atoms with E-state index in [-0.39, 0.29) is 11.4 Å². The number of hydrogen-bond acceptors (Lipinski definition) is 3. The summed E-state index contributed by atoms with van der Waals surface area (Å²) >= 11 is 0. The SMILES string of the molecule is COC(=O)C12CCNC1C2. The Labute approximate surface area is 59.7 Å². The topological polar surface area (TPSA) is 38.3 Å². The Bertz CT molecular complexity index is 180. The smallest absolute Gasteiger partial charge is 0.313 e. The van der Waals surface area contributed by atoms with E-state index in [1.807, 2.05) is 0 Å². The molecule has 0 aromatic carbocycles. The summed E-state index contributed by atoms with van der Waals surface area (Å²) in [5.41, 5.74) is -0.102. The van der Waals surface area contributed by atoms with Crippen LogP contribution in [0.2, 0.25) is 0 Å². The molecule has 0 aromatic heterocycles. The Hall–Kier alpha value is -0.570. The molecular weight excluding hydrogens is 130 g/mol. The van der Waals surface area contributed by atoms with E-state index in [0.717, 1.165) is 19.4 Å². The number of nitrogens with one attached hydrogen (secondary N) is 1. The summed E-state index contributed by atoms with van der Waals surface area (Å²) in [7, 11) is 1.46.